The second-order valence-corrected chi connectivity index (χ2v) is 8.55. The van der Waals surface area contributed by atoms with Gasteiger partial charge in [-0.25, -0.2) is 0 Å². The predicted octanol–water partition coefficient (Wildman–Crippen LogP) is -1.22. The normalized spacial score (nSPS) is 22.7. The van der Waals surface area contributed by atoms with Crippen LogP contribution >= 0.6 is 12.4 Å². The van der Waals surface area contributed by atoms with Crippen molar-refractivity contribution >= 4 is 28.5 Å². The van der Waals surface area contributed by atoms with Gasteiger partial charge in [0.05, 0.1) is 5.54 Å². The van der Waals surface area contributed by atoms with Crippen molar-refractivity contribution in [2.75, 3.05) is 59.4 Å². The van der Waals surface area contributed by atoms with Crippen LogP contribution < -0.4 is 5.73 Å². The van der Waals surface area contributed by atoms with Crippen molar-refractivity contribution in [1.82, 2.24) is 18.4 Å². The summed E-state index contributed by atoms with van der Waals surface area (Å²) in [6, 6.07) is 0. The molecule has 2 N–H and O–H groups in total. The molecule has 23 heavy (non-hydrogen) atoms. The Labute approximate surface area is 145 Å². The summed E-state index contributed by atoms with van der Waals surface area (Å²) in [5, 5.41) is 0. The van der Waals surface area contributed by atoms with Gasteiger partial charge in [0.1, 0.15) is 0 Å². The fourth-order valence-electron chi connectivity index (χ4n) is 2.71. The Hall–Kier alpha value is -0.450. The molecule has 2 rings (SSSR count). The van der Waals surface area contributed by atoms with Crippen LogP contribution in [-0.4, -0.2) is 97.7 Å². The maximum absolute atomic E-state index is 12.6. The first kappa shape index (κ1) is 20.6. The molecule has 0 aromatic rings. The second kappa shape index (κ2) is 7.62. The van der Waals surface area contributed by atoms with Gasteiger partial charge < -0.3 is 15.5 Å². The number of hydrogen-bond acceptors (Lipinski definition) is 5. The first-order chi connectivity index (χ1) is 10.1. The van der Waals surface area contributed by atoms with Gasteiger partial charge in [-0.2, -0.15) is 17.0 Å². The fourth-order valence-corrected chi connectivity index (χ4v) is 4.29. The maximum Gasteiger partial charge on any atom is 0.282 e. The zero-order valence-corrected chi connectivity index (χ0v) is 15.7. The number of nitrogens with zero attached hydrogens (tertiary/aromatic N) is 4. The van der Waals surface area contributed by atoms with Crippen molar-refractivity contribution in [3.8, 4) is 0 Å². The molecule has 136 valence electrons. The van der Waals surface area contributed by atoms with Crippen LogP contribution in [0.3, 0.4) is 0 Å². The number of hydrogen-bond donors (Lipinski definition) is 1. The molecule has 0 bridgehead atoms. The molecule has 10 heteroatoms. The number of carbonyl (C=O) groups is 1. The number of halogens is 1. The van der Waals surface area contributed by atoms with Crippen molar-refractivity contribution in [3.63, 3.8) is 0 Å². The van der Waals surface area contributed by atoms with Gasteiger partial charge in [0.2, 0.25) is 5.91 Å². The fraction of sp³-hybridized carbons (Fsp3) is 0.923. The SMILES string of the molecule is CN1CCN(S(=O)(=O)N2CCN(C(=O)C(C)(C)N)CC2)CC1.Cl. The summed E-state index contributed by atoms with van der Waals surface area (Å²) in [7, 11) is -1.43. The molecule has 2 saturated heterocycles. The van der Waals surface area contributed by atoms with E-state index in [1.807, 2.05) is 7.05 Å². The highest BCUT2D eigenvalue weighted by atomic mass is 35.5. The highest BCUT2D eigenvalue weighted by Gasteiger charge is 2.36. The van der Waals surface area contributed by atoms with E-state index in [4.69, 9.17) is 5.73 Å². The summed E-state index contributed by atoms with van der Waals surface area (Å²) < 4.78 is 28.3. The molecular weight excluding hydrogens is 342 g/mol. The van der Waals surface area contributed by atoms with E-state index in [2.05, 4.69) is 4.90 Å². The Morgan fingerprint density at radius 2 is 1.30 bits per heavy atom. The molecule has 0 spiro atoms. The van der Waals surface area contributed by atoms with Crippen molar-refractivity contribution in [1.29, 1.82) is 0 Å². The summed E-state index contributed by atoms with van der Waals surface area (Å²) in [6.45, 7) is 7.33. The van der Waals surface area contributed by atoms with Crippen molar-refractivity contribution in [3.05, 3.63) is 0 Å². The van der Waals surface area contributed by atoms with Gasteiger partial charge in [-0.05, 0) is 20.9 Å². The Kier molecular flexibility index (Phi) is 6.83. The molecule has 0 aromatic carbocycles. The van der Waals surface area contributed by atoms with Crippen LogP contribution in [0.4, 0.5) is 0 Å². The monoisotopic (exact) mass is 369 g/mol. The van der Waals surface area contributed by atoms with Gasteiger partial charge in [0.15, 0.2) is 0 Å². The Morgan fingerprint density at radius 3 is 1.70 bits per heavy atom. The standard InChI is InChI=1S/C13H27N5O3S.ClH/c1-13(2,14)12(19)16-6-10-18(11-7-16)22(20,21)17-8-4-15(3)5-9-17;/h4-11,14H2,1-3H3;1H. The third-order valence-electron chi connectivity index (χ3n) is 4.19. The van der Waals surface area contributed by atoms with Crippen LogP contribution in [0.1, 0.15) is 13.8 Å². The van der Waals surface area contributed by atoms with Gasteiger partial charge in [0, 0.05) is 52.4 Å². The minimum absolute atomic E-state index is 0. The van der Waals surface area contributed by atoms with E-state index in [9.17, 15) is 13.2 Å². The number of rotatable bonds is 3. The van der Waals surface area contributed by atoms with Gasteiger partial charge in [-0.15, -0.1) is 12.4 Å². The average molecular weight is 370 g/mol. The minimum Gasteiger partial charge on any atom is -0.338 e. The number of carbonyl (C=O) groups excluding carboxylic acids is 1. The van der Waals surface area contributed by atoms with E-state index >= 15 is 0 Å². The van der Waals surface area contributed by atoms with Gasteiger partial charge >= 0.3 is 0 Å². The lowest BCUT2D eigenvalue weighted by Crippen LogP contribution is -2.60. The lowest BCUT2D eigenvalue weighted by atomic mass is 10.1. The summed E-state index contributed by atoms with van der Waals surface area (Å²) in [4.78, 5) is 15.9. The predicted molar refractivity (Wildman–Crippen MR) is 91.7 cm³/mol. The van der Waals surface area contributed by atoms with Crippen LogP contribution in [0.15, 0.2) is 0 Å². The number of piperazine rings is 2. The molecule has 2 aliphatic heterocycles. The molecule has 0 unspecified atom stereocenters. The molecule has 0 radical (unpaired) electrons. The van der Waals surface area contributed by atoms with Crippen LogP contribution in [0.2, 0.25) is 0 Å². The van der Waals surface area contributed by atoms with Crippen molar-refractivity contribution in [2.45, 2.75) is 19.4 Å². The molecule has 2 aliphatic rings. The van der Waals surface area contributed by atoms with E-state index in [-0.39, 0.29) is 18.3 Å². The Balaban J connectivity index is 0.00000264. The summed E-state index contributed by atoms with van der Waals surface area (Å²) in [5.41, 5.74) is 4.91. The summed E-state index contributed by atoms with van der Waals surface area (Å²) in [5.74, 6) is -0.135. The Bertz CT molecular complexity index is 506. The molecule has 0 atom stereocenters. The second-order valence-electron chi connectivity index (χ2n) is 6.62. The smallest absolute Gasteiger partial charge is 0.282 e. The van der Waals surface area contributed by atoms with Gasteiger partial charge in [-0.1, -0.05) is 0 Å². The quantitative estimate of drug-likeness (QED) is 0.673. The van der Waals surface area contributed by atoms with Crippen LogP contribution in [0.5, 0.6) is 0 Å². The van der Waals surface area contributed by atoms with E-state index in [1.165, 1.54) is 8.61 Å². The zero-order valence-electron chi connectivity index (χ0n) is 14.1. The molecule has 0 aromatic heterocycles. The molecule has 1 amide bonds. The largest absolute Gasteiger partial charge is 0.338 e. The lowest BCUT2D eigenvalue weighted by Gasteiger charge is -2.40. The number of amides is 1. The van der Waals surface area contributed by atoms with Crippen molar-refractivity contribution in [2.24, 2.45) is 5.73 Å². The molecule has 0 aliphatic carbocycles. The van der Waals surface area contributed by atoms with Gasteiger partial charge in [0.25, 0.3) is 10.2 Å². The molecular formula is C13H28ClN5O3S. The Morgan fingerprint density at radius 1 is 0.913 bits per heavy atom. The van der Waals surface area contributed by atoms with E-state index in [0.29, 0.717) is 39.3 Å². The van der Waals surface area contributed by atoms with Crippen LogP contribution in [-0.2, 0) is 15.0 Å². The zero-order chi connectivity index (χ0) is 16.5. The number of nitrogens with two attached hydrogens (primary N) is 1. The van der Waals surface area contributed by atoms with E-state index in [1.54, 1.807) is 18.7 Å². The average Bonchev–Trinajstić information content (AvgIpc) is 2.46. The molecule has 0 saturated carbocycles. The van der Waals surface area contributed by atoms with Crippen molar-refractivity contribution < 1.29 is 13.2 Å². The van der Waals surface area contributed by atoms with Crippen LogP contribution in [0.25, 0.3) is 0 Å². The third kappa shape index (κ3) is 4.77. The van der Waals surface area contributed by atoms with Crippen LogP contribution in [0, 0.1) is 0 Å². The highest BCUT2D eigenvalue weighted by Crippen LogP contribution is 2.16. The molecule has 2 fully saturated rings. The first-order valence-corrected chi connectivity index (χ1v) is 9.04. The number of likely N-dealkylation sites (N-methyl/N-ethyl adjacent to an activating group) is 1. The molecule has 8 nitrogen and oxygen atoms in total. The lowest BCUT2D eigenvalue weighted by molar-refractivity contribution is -0.137. The summed E-state index contributed by atoms with van der Waals surface area (Å²) in [6.07, 6.45) is 0. The maximum atomic E-state index is 12.6. The van der Waals surface area contributed by atoms with E-state index < -0.39 is 15.7 Å². The molecule has 2 heterocycles. The highest BCUT2D eigenvalue weighted by molar-refractivity contribution is 7.86. The summed E-state index contributed by atoms with van der Waals surface area (Å²) >= 11 is 0. The minimum atomic E-state index is -3.42. The van der Waals surface area contributed by atoms with E-state index in [0.717, 1.165) is 13.1 Å². The first-order valence-electron chi connectivity index (χ1n) is 7.64. The third-order valence-corrected chi connectivity index (χ3v) is 6.23. The van der Waals surface area contributed by atoms with Gasteiger partial charge in [-0.3, -0.25) is 4.79 Å². The topological polar surface area (TPSA) is 90.2 Å².